The number of nitrogens with zero attached hydrogens (tertiary/aromatic N) is 1. The summed E-state index contributed by atoms with van der Waals surface area (Å²) < 4.78 is 5.13. The van der Waals surface area contributed by atoms with Crippen LogP contribution < -0.4 is 10.6 Å². The van der Waals surface area contributed by atoms with Crippen molar-refractivity contribution in [1.29, 1.82) is 0 Å². The van der Waals surface area contributed by atoms with E-state index in [0.29, 0.717) is 13.2 Å². The second-order valence-corrected chi connectivity index (χ2v) is 6.11. The molecule has 3 atom stereocenters. The summed E-state index contributed by atoms with van der Waals surface area (Å²) in [6.45, 7) is 8.38. The lowest BCUT2D eigenvalue weighted by Gasteiger charge is -2.37. The van der Waals surface area contributed by atoms with Crippen LogP contribution in [0.1, 0.15) is 46.5 Å². The number of halogens is 1. The maximum Gasteiger partial charge on any atom is 0.191 e. The largest absolute Gasteiger partial charge is 0.392 e. The van der Waals surface area contributed by atoms with Crippen molar-refractivity contribution in [3.05, 3.63) is 0 Å². The lowest BCUT2D eigenvalue weighted by Crippen LogP contribution is -2.45. The molecule has 3 unspecified atom stereocenters. The van der Waals surface area contributed by atoms with Crippen LogP contribution in [0.15, 0.2) is 4.99 Å². The predicted molar refractivity (Wildman–Crippen MR) is 98.4 cm³/mol. The Morgan fingerprint density at radius 2 is 2.19 bits per heavy atom. The van der Waals surface area contributed by atoms with Crippen LogP contribution in [-0.4, -0.2) is 50.0 Å². The molecule has 0 radical (unpaired) electrons. The van der Waals surface area contributed by atoms with Gasteiger partial charge in [0, 0.05) is 25.1 Å². The number of methoxy groups -OCH3 is 1. The normalized spacial score (nSPS) is 27.7. The van der Waals surface area contributed by atoms with Gasteiger partial charge in [-0.3, -0.25) is 4.99 Å². The number of aliphatic imine (C=N–C) groups is 1. The van der Waals surface area contributed by atoms with Crippen LogP contribution in [0.25, 0.3) is 0 Å². The van der Waals surface area contributed by atoms with Crippen LogP contribution in [0.3, 0.4) is 0 Å². The van der Waals surface area contributed by atoms with E-state index in [9.17, 15) is 5.11 Å². The molecule has 0 amide bonds. The highest BCUT2D eigenvalue weighted by Crippen LogP contribution is 2.36. The number of aliphatic hydroxyl groups is 1. The zero-order valence-corrected chi connectivity index (χ0v) is 16.1. The zero-order chi connectivity index (χ0) is 15.0. The van der Waals surface area contributed by atoms with Gasteiger partial charge in [0.05, 0.1) is 19.3 Å². The molecule has 0 saturated heterocycles. The van der Waals surface area contributed by atoms with E-state index in [4.69, 9.17) is 4.74 Å². The van der Waals surface area contributed by atoms with Gasteiger partial charge in [-0.2, -0.15) is 0 Å². The molecule has 1 rings (SSSR count). The number of hydrogen-bond donors (Lipinski definition) is 3. The molecule has 6 heteroatoms. The first kappa shape index (κ1) is 20.9. The van der Waals surface area contributed by atoms with Gasteiger partial charge in [0.25, 0.3) is 0 Å². The van der Waals surface area contributed by atoms with Crippen molar-refractivity contribution in [1.82, 2.24) is 10.6 Å². The van der Waals surface area contributed by atoms with E-state index < -0.39 is 0 Å². The van der Waals surface area contributed by atoms with Crippen molar-refractivity contribution in [2.75, 3.05) is 26.8 Å². The van der Waals surface area contributed by atoms with Crippen molar-refractivity contribution in [2.24, 2.45) is 10.4 Å². The Morgan fingerprint density at radius 3 is 2.76 bits per heavy atom. The fourth-order valence-electron chi connectivity index (χ4n) is 2.67. The summed E-state index contributed by atoms with van der Waals surface area (Å²) in [4.78, 5) is 4.66. The van der Waals surface area contributed by atoms with E-state index in [1.165, 1.54) is 6.42 Å². The van der Waals surface area contributed by atoms with E-state index in [1.807, 2.05) is 0 Å². The standard InChI is InChI=1S/C15H31N3O2.HI/c1-5-16-14(18-12(2)10-20-4)17-11-15(3)9-7-6-8-13(15)19;/h12-13,19H,5-11H2,1-4H3,(H2,16,17,18);1H. The van der Waals surface area contributed by atoms with Crippen LogP contribution in [-0.2, 0) is 4.74 Å². The second-order valence-electron chi connectivity index (χ2n) is 6.11. The Labute approximate surface area is 146 Å². The van der Waals surface area contributed by atoms with Crippen LogP contribution in [0.4, 0.5) is 0 Å². The van der Waals surface area contributed by atoms with Crippen LogP contribution in [0.5, 0.6) is 0 Å². The molecule has 0 aromatic heterocycles. The Morgan fingerprint density at radius 1 is 1.48 bits per heavy atom. The molecule has 21 heavy (non-hydrogen) atoms. The van der Waals surface area contributed by atoms with Gasteiger partial charge in [0.15, 0.2) is 5.96 Å². The van der Waals surface area contributed by atoms with Gasteiger partial charge in [0.2, 0.25) is 0 Å². The summed E-state index contributed by atoms with van der Waals surface area (Å²) >= 11 is 0. The average Bonchev–Trinajstić information content (AvgIpc) is 2.40. The predicted octanol–water partition coefficient (Wildman–Crippen LogP) is 2.14. The molecule has 0 aromatic carbocycles. The summed E-state index contributed by atoms with van der Waals surface area (Å²) in [5, 5.41) is 16.8. The lowest BCUT2D eigenvalue weighted by atomic mass is 9.73. The van der Waals surface area contributed by atoms with E-state index in [-0.39, 0.29) is 41.5 Å². The lowest BCUT2D eigenvalue weighted by molar-refractivity contribution is 0.00715. The maximum absolute atomic E-state index is 10.2. The maximum atomic E-state index is 10.2. The Balaban J connectivity index is 0.00000400. The van der Waals surface area contributed by atoms with E-state index >= 15 is 0 Å². The van der Waals surface area contributed by atoms with E-state index in [1.54, 1.807) is 7.11 Å². The third kappa shape index (κ3) is 7.15. The number of nitrogens with one attached hydrogen (secondary N) is 2. The molecular formula is C15H32IN3O2. The molecule has 0 aromatic rings. The van der Waals surface area contributed by atoms with Crippen molar-refractivity contribution in [2.45, 2.75) is 58.6 Å². The molecule has 5 nitrogen and oxygen atoms in total. The summed E-state index contributed by atoms with van der Waals surface area (Å²) in [5.74, 6) is 0.802. The van der Waals surface area contributed by atoms with Crippen LogP contribution in [0.2, 0.25) is 0 Å². The monoisotopic (exact) mass is 413 g/mol. The highest BCUT2D eigenvalue weighted by molar-refractivity contribution is 14.0. The summed E-state index contributed by atoms with van der Waals surface area (Å²) in [6.07, 6.45) is 4.02. The molecule has 0 bridgehead atoms. The number of hydrogen-bond acceptors (Lipinski definition) is 3. The fourth-order valence-corrected chi connectivity index (χ4v) is 2.67. The smallest absolute Gasteiger partial charge is 0.191 e. The second kappa shape index (κ2) is 10.6. The molecule has 1 saturated carbocycles. The Kier molecular flexibility index (Phi) is 10.6. The molecule has 3 N–H and O–H groups in total. The first-order chi connectivity index (χ1) is 9.51. The molecule has 126 valence electrons. The average molecular weight is 413 g/mol. The zero-order valence-electron chi connectivity index (χ0n) is 13.8. The SMILES string of the molecule is CCNC(=NCC1(C)CCCCC1O)NC(C)COC.I. The summed E-state index contributed by atoms with van der Waals surface area (Å²) in [7, 11) is 1.70. The molecule has 0 heterocycles. The number of guanidine groups is 1. The molecule has 1 aliphatic rings. The first-order valence-electron chi connectivity index (χ1n) is 7.73. The fraction of sp³-hybridized carbons (Fsp3) is 0.933. The van der Waals surface area contributed by atoms with Gasteiger partial charge >= 0.3 is 0 Å². The Hall–Kier alpha value is -0.0800. The molecule has 0 spiro atoms. The van der Waals surface area contributed by atoms with E-state index in [0.717, 1.165) is 31.8 Å². The topological polar surface area (TPSA) is 65.9 Å². The van der Waals surface area contributed by atoms with Gasteiger partial charge in [-0.25, -0.2) is 0 Å². The summed E-state index contributed by atoms with van der Waals surface area (Å²) in [6, 6.07) is 0.210. The van der Waals surface area contributed by atoms with Crippen LogP contribution >= 0.6 is 24.0 Å². The third-order valence-corrected chi connectivity index (χ3v) is 4.02. The summed E-state index contributed by atoms with van der Waals surface area (Å²) in [5.41, 5.74) is -0.0922. The van der Waals surface area contributed by atoms with Gasteiger partial charge in [-0.1, -0.05) is 19.8 Å². The minimum Gasteiger partial charge on any atom is -0.392 e. The van der Waals surface area contributed by atoms with Crippen molar-refractivity contribution in [3.63, 3.8) is 0 Å². The van der Waals surface area contributed by atoms with Gasteiger partial charge in [0.1, 0.15) is 0 Å². The van der Waals surface area contributed by atoms with Crippen LogP contribution in [0, 0.1) is 5.41 Å². The number of ether oxygens (including phenoxy) is 1. The van der Waals surface area contributed by atoms with Crippen molar-refractivity contribution < 1.29 is 9.84 Å². The molecule has 1 fully saturated rings. The molecule has 1 aliphatic carbocycles. The van der Waals surface area contributed by atoms with Gasteiger partial charge < -0.3 is 20.5 Å². The minimum atomic E-state index is -0.237. The van der Waals surface area contributed by atoms with Crippen molar-refractivity contribution >= 4 is 29.9 Å². The third-order valence-electron chi connectivity index (χ3n) is 4.02. The number of aliphatic hydroxyl groups excluding tert-OH is 1. The van der Waals surface area contributed by atoms with Crippen molar-refractivity contribution in [3.8, 4) is 0 Å². The van der Waals surface area contributed by atoms with Gasteiger partial charge in [-0.05, 0) is 26.7 Å². The first-order valence-corrected chi connectivity index (χ1v) is 7.73. The Bertz CT molecular complexity index is 315. The highest BCUT2D eigenvalue weighted by atomic mass is 127. The van der Waals surface area contributed by atoms with E-state index in [2.05, 4.69) is 36.4 Å². The minimum absolute atomic E-state index is 0. The molecular weight excluding hydrogens is 381 g/mol. The number of rotatable bonds is 6. The molecule has 0 aliphatic heterocycles. The highest BCUT2D eigenvalue weighted by Gasteiger charge is 2.35. The van der Waals surface area contributed by atoms with Gasteiger partial charge in [-0.15, -0.1) is 24.0 Å². The quantitative estimate of drug-likeness (QED) is 0.355.